The van der Waals surface area contributed by atoms with Gasteiger partial charge in [0.2, 0.25) is 5.91 Å². The number of hydrogen-bond acceptors (Lipinski definition) is 4. The summed E-state index contributed by atoms with van der Waals surface area (Å²) in [5.74, 6) is 0.586. The Morgan fingerprint density at radius 2 is 2.32 bits per heavy atom. The van der Waals surface area contributed by atoms with Crippen LogP contribution in [0, 0.1) is 0 Å². The van der Waals surface area contributed by atoms with Crippen LogP contribution in [0.15, 0.2) is 5.38 Å². The second-order valence-corrected chi connectivity index (χ2v) is 5.72. The van der Waals surface area contributed by atoms with Gasteiger partial charge in [0, 0.05) is 11.9 Å². The molecule has 1 heterocycles. The number of nitrogens with one attached hydrogen (secondary N) is 1. The molecule has 0 atom stereocenters. The van der Waals surface area contributed by atoms with E-state index in [0.717, 1.165) is 36.5 Å². The van der Waals surface area contributed by atoms with Crippen LogP contribution in [0.25, 0.3) is 0 Å². The lowest BCUT2D eigenvalue weighted by Crippen LogP contribution is -2.35. The van der Waals surface area contributed by atoms with E-state index >= 15 is 0 Å². The summed E-state index contributed by atoms with van der Waals surface area (Å²) in [5, 5.41) is 5.97. The second-order valence-electron chi connectivity index (χ2n) is 4.51. The number of unbranched alkanes of at least 4 members (excludes halogenated alkanes) is 1. The first-order valence-corrected chi connectivity index (χ1v) is 8.01. The van der Waals surface area contributed by atoms with E-state index in [0.29, 0.717) is 19.0 Å². The van der Waals surface area contributed by atoms with E-state index in [1.54, 1.807) is 11.3 Å². The maximum atomic E-state index is 11.4. The number of carbonyl (C=O) groups excluding carboxylic acids is 1. The van der Waals surface area contributed by atoms with Crippen molar-refractivity contribution < 1.29 is 4.79 Å². The van der Waals surface area contributed by atoms with Gasteiger partial charge in [0.25, 0.3) is 0 Å². The molecule has 0 fully saturated rings. The molecule has 0 bridgehead atoms. The largest absolute Gasteiger partial charge is 0.355 e. The number of amides is 1. The standard InChI is InChI=1S/C13H22ClN3OS/c1-3-15-12(18)9-17(2)7-5-4-6-13-16-11(8-14)10-19-13/h10H,3-9H2,1-2H3,(H,15,18). The zero-order valence-electron chi connectivity index (χ0n) is 11.6. The lowest BCUT2D eigenvalue weighted by Gasteiger charge is -2.15. The quantitative estimate of drug-likeness (QED) is 0.562. The molecule has 1 amide bonds. The monoisotopic (exact) mass is 303 g/mol. The lowest BCUT2D eigenvalue weighted by atomic mass is 10.2. The number of aromatic nitrogens is 1. The molecule has 4 nitrogen and oxygen atoms in total. The number of rotatable bonds is 9. The fourth-order valence-corrected chi connectivity index (χ4v) is 2.83. The molecule has 0 saturated heterocycles. The van der Waals surface area contributed by atoms with Gasteiger partial charge in [-0.1, -0.05) is 0 Å². The van der Waals surface area contributed by atoms with E-state index in [1.165, 1.54) is 0 Å². The van der Waals surface area contributed by atoms with Gasteiger partial charge in [0.15, 0.2) is 0 Å². The summed E-state index contributed by atoms with van der Waals surface area (Å²) in [6, 6.07) is 0. The van der Waals surface area contributed by atoms with E-state index in [9.17, 15) is 4.79 Å². The second kappa shape index (κ2) is 9.28. The van der Waals surface area contributed by atoms with Crippen molar-refractivity contribution in [2.24, 2.45) is 0 Å². The highest BCUT2D eigenvalue weighted by Gasteiger charge is 2.05. The van der Waals surface area contributed by atoms with Crippen LogP contribution < -0.4 is 5.32 Å². The van der Waals surface area contributed by atoms with Crippen molar-refractivity contribution in [1.29, 1.82) is 0 Å². The molecule has 0 saturated carbocycles. The molecular formula is C13H22ClN3OS. The number of aryl methyl sites for hydroxylation is 1. The van der Waals surface area contributed by atoms with Crippen LogP contribution in [0.5, 0.6) is 0 Å². The molecule has 0 aliphatic heterocycles. The van der Waals surface area contributed by atoms with Crippen LogP contribution in [0.4, 0.5) is 0 Å². The molecule has 0 radical (unpaired) electrons. The normalized spacial score (nSPS) is 10.9. The average Bonchev–Trinajstić information content (AvgIpc) is 2.83. The zero-order chi connectivity index (χ0) is 14.1. The molecule has 19 heavy (non-hydrogen) atoms. The third-order valence-corrected chi connectivity index (χ3v) is 3.94. The Morgan fingerprint density at radius 1 is 1.53 bits per heavy atom. The fraction of sp³-hybridized carbons (Fsp3) is 0.692. The number of hydrogen-bond donors (Lipinski definition) is 1. The highest BCUT2D eigenvalue weighted by Crippen LogP contribution is 2.14. The van der Waals surface area contributed by atoms with Crippen molar-refractivity contribution in [2.45, 2.75) is 32.1 Å². The number of carbonyl (C=O) groups is 1. The highest BCUT2D eigenvalue weighted by atomic mass is 35.5. The number of halogens is 1. The number of nitrogens with zero attached hydrogens (tertiary/aromatic N) is 2. The molecule has 1 rings (SSSR count). The fourth-order valence-electron chi connectivity index (χ4n) is 1.76. The molecule has 1 N–H and O–H groups in total. The molecule has 1 aromatic heterocycles. The minimum Gasteiger partial charge on any atom is -0.355 e. The predicted octanol–water partition coefficient (Wildman–Crippen LogP) is 2.27. The lowest BCUT2D eigenvalue weighted by molar-refractivity contribution is -0.121. The van der Waals surface area contributed by atoms with Gasteiger partial charge in [-0.15, -0.1) is 22.9 Å². The summed E-state index contributed by atoms with van der Waals surface area (Å²) < 4.78 is 0. The van der Waals surface area contributed by atoms with Crippen molar-refractivity contribution in [3.8, 4) is 0 Å². The molecule has 0 aromatic carbocycles. The van der Waals surface area contributed by atoms with Crippen LogP contribution in [0.3, 0.4) is 0 Å². The first-order valence-electron chi connectivity index (χ1n) is 6.60. The van der Waals surface area contributed by atoms with Crippen molar-refractivity contribution in [3.05, 3.63) is 16.1 Å². The van der Waals surface area contributed by atoms with Crippen LogP contribution >= 0.6 is 22.9 Å². The van der Waals surface area contributed by atoms with Gasteiger partial charge in [-0.05, 0) is 39.8 Å². The van der Waals surface area contributed by atoms with Gasteiger partial charge >= 0.3 is 0 Å². The maximum Gasteiger partial charge on any atom is 0.234 e. The Hall–Kier alpha value is -0.650. The van der Waals surface area contributed by atoms with Crippen molar-refractivity contribution >= 4 is 28.8 Å². The minimum atomic E-state index is 0.0941. The topological polar surface area (TPSA) is 45.2 Å². The van der Waals surface area contributed by atoms with E-state index in [1.807, 2.05) is 19.4 Å². The van der Waals surface area contributed by atoms with E-state index in [-0.39, 0.29) is 5.91 Å². The van der Waals surface area contributed by atoms with Crippen molar-refractivity contribution in [1.82, 2.24) is 15.2 Å². The number of thiazole rings is 1. The van der Waals surface area contributed by atoms with Gasteiger partial charge < -0.3 is 5.32 Å². The van der Waals surface area contributed by atoms with Gasteiger partial charge in [0.05, 0.1) is 23.1 Å². The first kappa shape index (κ1) is 16.4. The summed E-state index contributed by atoms with van der Waals surface area (Å²) >= 11 is 7.39. The molecule has 0 spiro atoms. The Kier molecular flexibility index (Phi) is 8.02. The summed E-state index contributed by atoms with van der Waals surface area (Å²) in [4.78, 5) is 17.8. The first-order chi connectivity index (χ1) is 9.15. The summed E-state index contributed by atoms with van der Waals surface area (Å²) in [6.45, 7) is 4.03. The SMILES string of the molecule is CCNC(=O)CN(C)CCCCc1nc(CCl)cs1. The Labute approximate surface area is 124 Å². The van der Waals surface area contributed by atoms with E-state index < -0.39 is 0 Å². The highest BCUT2D eigenvalue weighted by molar-refractivity contribution is 7.09. The molecule has 0 aliphatic rings. The Bertz CT molecular complexity index is 384. The van der Waals surface area contributed by atoms with E-state index in [2.05, 4.69) is 15.2 Å². The van der Waals surface area contributed by atoms with Gasteiger partial charge in [-0.3, -0.25) is 9.69 Å². The smallest absolute Gasteiger partial charge is 0.234 e. The zero-order valence-corrected chi connectivity index (χ0v) is 13.2. The summed E-state index contributed by atoms with van der Waals surface area (Å²) in [7, 11) is 1.98. The van der Waals surface area contributed by atoms with Crippen molar-refractivity contribution in [3.63, 3.8) is 0 Å². The molecular weight excluding hydrogens is 282 g/mol. The van der Waals surface area contributed by atoms with Gasteiger partial charge in [0.1, 0.15) is 0 Å². The van der Waals surface area contributed by atoms with E-state index in [4.69, 9.17) is 11.6 Å². The average molecular weight is 304 g/mol. The minimum absolute atomic E-state index is 0.0941. The molecule has 0 aliphatic carbocycles. The van der Waals surface area contributed by atoms with Crippen molar-refractivity contribution in [2.75, 3.05) is 26.7 Å². The predicted molar refractivity (Wildman–Crippen MR) is 80.8 cm³/mol. The Balaban J connectivity index is 2.11. The van der Waals surface area contributed by atoms with Crippen LogP contribution in [0.1, 0.15) is 30.5 Å². The number of likely N-dealkylation sites (N-methyl/N-ethyl adjacent to an activating group) is 2. The van der Waals surface area contributed by atoms with Crippen LogP contribution in [0.2, 0.25) is 0 Å². The molecule has 6 heteroatoms. The van der Waals surface area contributed by atoms with Gasteiger partial charge in [-0.25, -0.2) is 4.98 Å². The summed E-state index contributed by atoms with van der Waals surface area (Å²) in [5.41, 5.74) is 0.968. The molecule has 1 aromatic rings. The number of alkyl halides is 1. The third-order valence-electron chi connectivity index (χ3n) is 2.70. The summed E-state index contributed by atoms with van der Waals surface area (Å²) in [6.07, 6.45) is 3.16. The van der Waals surface area contributed by atoms with Crippen LogP contribution in [-0.2, 0) is 17.1 Å². The maximum absolute atomic E-state index is 11.4. The molecule has 0 unspecified atom stereocenters. The third kappa shape index (κ3) is 6.89. The van der Waals surface area contributed by atoms with Gasteiger partial charge in [-0.2, -0.15) is 0 Å². The molecule has 108 valence electrons. The Morgan fingerprint density at radius 3 is 2.95 bits per heavy atom. The van der Waals surface area contributed by atoms with Crippen LogP contribution in [-0.4, -0.2) is 42.5 Å².